The number of hydrogen-bond acceptors (Lipinski definition) is 3. The Morgan fingerprint density at radius 2 is 2.29 bits per heavy atom. The number of aromatic nitrogens is 1. The van der Waals surface area contributed by atoms with Gasteiger partial charge < -0.3 is 15.0 Å². The Labute approximate surface area is 102 Å². The first-order valence-corrected chi connectivity index (χ1v) is 5.69. The summed E-state index contributed by atoms with van der Waals surface area (Å²) in [6.45, 7) is 2.85. The average molecular weight is 237 g/mol. The van der Waals surface area contributed by atoms with E-state index < -0.39 is 0 Å². The number of nitrogens with zero attached hydrogens (tertiary/aromatic N) is 2. The molecule has 5 nitrogen and oxygen atoms in total. The Balaban J connectivity index is 2.49. The molecule has 1 aromatic rings. The van der Waals surface area contributed by atoms with Gasteiger partial charge in [-0.15, -0.1) is 0 Å². The SMILES string of the molecule is CCCCN(C)C(=O)Nc1ccc(OC)nc1. The summed E-state index contributed by atoms with van der Waals surface area (Å²) in [6, 6.07) is 3.35. The van der Waals surface area contributed by atoms with Gasteiger partial charge in [0, 0.05) is 19.7 Å². The largest absolute Gasteiger partial charge is 0.481 e. The van der Waals surface area contributed by atoms with E-state index in [0.717, 1.165) is 19.4 Å². The number of rotatable bonds is 5. The molecule has 0 unspecified atom stereocenters. The molecule has 0 radical (unpaired) electrons. The quantitative estimate of drug-likeness (QED) is 0.855. The normalized spacial score (nSPS) is 9.82. The van der Waals surface area contributed by atoms with Crippen LogP contribution in [-0.4, -0.2) is 36.6 Å². The second kappa shape index (κ2) is 6.73. The first kappa shape index (κ1) is 13.3. The van der Waals surface area contributed by atoms with Gasteiger partial charge in [0.15, 0.2) is 0 Å². The minimum Gasteiger partial charge on any atom is -0.481 e. The van der Waals surface area contributed by atoms with Gasteiger partial charge in [-0.05, 0) is 12.5 Å². The minimum absolute atomic E-state index is 0.120. The molecule has 0 aliphatic carbocycles. The summed E-state index contributed by atoms with van der Waals surface area (Å²) < 4.78 is 4.94. The predicted octanol–water partition coefficient (Wildman–Crippen LogP) is 2.35. The van der Waals surface area contributed by atoms with Crippen molar-refractivity contribution in [2.24, 2.45) is 0 Å². The molecule has 1 N–H and O–H groups in total. The highest BCUT2D eigenvalue weighted by Crippen LogP contribution is 2.11. The minimum atomic E-state index is -0.120. The van der Waals surface area contributed by atoms with Crippen molar-refractivity contribution in [2.75, 3.05) is 26.0 Å². The van der Waals surface area contributed by atoms with Gasteiger partial charge in [-0.3, -0.25) is 0 Å². The van der Waals surface area contributed by atoms with Crippen LogP contribution >= 0.6 is 0 Å². The van der Waals surface area contributed by atoms with Gasteiger partial charge in [0.05, 0.1) is 19.0 Å². The molecule has 0 bridgehead atoms. The van der Waals surface area contributed by atoms with Crippen LogP contribution in [0.2, 0.25) is 0 Å². The lowest BCUT2D eigenvalue weighted by molar-refractivity contribution is 0.222. The van der Waals surface area contributed by atoms with Gasteiger partial charge in [-0.1, -0.05) is 13.3 Å². The van der Waals surface area contributed by atoms with Gasteiger partial charge in [0.1, 0.15) is 0 Å². The summed E-state index contributed by atoms with van der Waals surface area (Å²) in [5, 5.41) is 2.77. The van der Waals surface area contributed by atoms with E-state index >= 15 is 0 Å². The Morgan fingerprint density at radius 3 is 2.82 bits per heavy atom. The molecule has 1 aromatic heterocycles. The van der Waals surface area contributed by atoms with E-state index in [4.69, 9.17) is 4.74 Å². The third-order valence-corrected chi connectivity index (χ3v) is 2.39. The highest BCUT2D eigenvalue weighted by Gasteiger charge is 2.07. The fourth-order valence-electron chi connectivity index (χ4n) is 1.29. The fraction of sp³-hybridized carbons (Fsp3) is 0.500. The molecule has 0 aliphatic rings. The molecule has 0 saturated heterocycles. The molecule has 0 aromatic carbocycles. The lowest BCUT2D eigenvalue weighted by Gasteiger charge is -2.17. The number of carbonyl (C=O) groups is 1. The van der Waals surface area contributed by atoms with Gasteiger partial charge in [-0.2, -0.15) is 0 Å². The van der Waals surface area contributed by atoms with Crippen LogP contribution in [0.15, 0.2) is 18.3 Å². The molecule has 5 heteroatoms. The lowest BCUT2D eigenvalue weighted by Crippen LogP contribution is -2.32. The topological polar surface area (TPSA) is 54.5 Å². The van der Waals surface area contributed by atoms with Gasteiger partial charge in [-0.25, -0.2) is 9.78 Å². The van der Waals surface area contributed by atoms with Crippen LogP contribution in [-0.2, 0) is 0 Å². The van der Waals surface area contributed by atoms with Crippen molar-refractivity contribution in [2.45, 2.75) is 19.8 Å². The summed E-state index contributed by atoms with van der Waals surface area (Å²) in [6.07, 6.45) is 3.65. The van der Waals surface area contributed by atoms with Crippen molar-refractivity contribution < 1.29 is 9.53 Å². The van der Waals surface area contributed by atoms with Gasteiger partial charge >= 0.3 is 6.03 Å². The number of carbonyl (C=O) groups excluding carboxylic acids is 1. The van der Waals surface area contributed by atoms with Crippen LogP contribution < -0.4 is 10.1 Å². The molecule has 2 amide bonds. The number of urea groups is 1. The number of hydrogen-bond donors (Lipinski definition) is 1. The molecule has 0 spiro atoms. The number of ether oxygens (including phenoxy) is 1. The second-order valence-electron chi connectivity index (χ2n) is 3.79. The zero-order chi connectivity index (χ0) is 12.7. The summed E-state index contributed by atoms with van der Waals surface area (Å²) in [5.74, 6) is 0.530. The van der Waals surface area contributed by atoms with Crippen LogP contribution in [0.1, 0.15) is 19.8 Å². The fourth-order valence-corrected chi connectivity index (χ4v) is 1.29. The summed E-state index contributed by atoms with van der Waals surface area (Å²) >= 11 is 0. The van der Waals surface area contributed by atoms with Crippen molar-refractivity contribution in [1.82, 2.24) is 9.88 Å². The predicted molar refractivity (Wildman–Crippen MR) is 67.3 cm³/mol. The smallest absolute Gasteiger partial charge is 0.321 e. The Hall–Kier alpha value is -1.78. The first-order valence-electron chi connectivity index (χ1n) is 5.69. The third-order valence-electron chi connectivity index (χ3n) is 2.39. The van der Waals surface area contributed by atoms with Crippen LogP contribution in [0.3, 0.4) is 0 Å². The van der Waals surface area contributed by atoms with Crippen LogP contribution in [0.4, 0.5) is 10.5 Å². The summed E-state index contributed by atoms with van der Waals surface area (Å²) in [4.78, 5) is 17.4. The van der Waals surface area contributed by atoms with Gasteiger partial charge in [0.25, 0.3) is 0 Å². The zero-order valence-electron chi connectivity index (χ0n) is 10.6. The van der Waals surface area contributed by atoms with Crippen molar-refractivity contribution in [3.63, 3.8) is 0 Å². The number of methoxy groups -OCH3 is 1. The molecule has 0 atom stereocenters. The van der Waals surface area contributed by atoms with E-state index in [1.165, 1.54) is 0 Å². The molecule has 0 fully saturated rings. The number of unbranched alkanes of at least 4 members (excludes halogenated alkanes) is 1. The van der Waals surface area contributed by atoms with Crippen molar-refractivity contribution in [1.29, 1.82) is 0 Å². The van der Waals surface area contributed by atoms with Crippen LogP contribution in [0.5, 0.6) is 5.88 Å². The van der Waals surface area contributed by atoms with E-state index in [1.807, 2.05) is 0 Å². The maximum Gasteiger partial charge on any atom is 0.321 e. The standard InChI is InChI=1S/C12H19N3O2/c1-4-5-8-15(2)12(16)14-10-6-7-11(17-3)13-9-10/h6-7,9H,4-5,8H2,1-3H3,(H,14,16). The van der Waals surface area contributed by atoms with Crippen molar-refractivity contribution in [3.8, 4) is 5.88 Å². The van der Waals surface area contributed by atoms with E-state index in [2.05, 4.69) is 17.2 Å². The van der Waals surface area contributed by atoms with Crippen molar-refractivity contribution >= 4 is 11.7 Å². The summed E-state index contributed by atoms with van der Waals surface area (Å²) in [7, 11) is 3.33. The molecule has 1 heterocycles. The molecule has 94 valence electrons. The van der Waals surface area contributed by atoms with Crippen LogP contribution in [0, 0.1) is 0 Å². The van der Waals surface area contributed by atoms with E-state index in [-0.39, 0.29) is 6.03 Å². The highest BCUT2D eigenvalue weighted by molar-refractivity contribution is 5.88. The summed E-state index contributed by atoms with van der Waals surface area (Å²) in [5.41, 5.74) is 0.666. The maximum absolute atomic E-state index is 11.7. The van der Waals surface area contributed by atoms with E-state index in [1.54, 1.807) is 37.4 Å². The van der Waals surface area contributed by atoms with E-state index in [0.29, 0.717) is 11.6 Å². The number of pyridine rings is 1. The van der Waals surface area contributed by atoms with Gasteiger partial charge in [0.2, 0.25) is 5.88 Å². The number of amides is 2. The number of anilines is 1. The average Bonchev–Trinajstić information content (AvgIpc) is 2.36. The third kappa shape index (κ3) is 4.30. The Kier molecular flexibility index (Phi) is 5.26. The maximum atomic E-state index is 11.7. The van der Waals surface area contributed by atoms with Crippen molar-refractivity contribution in [3.05, 3.63) is 18.3 Å². The first-order chi connectivity index (χ1) is 8.17. The lowest BCUT2D eigenvalue weighted by atomic mass is 10.3. The highest BCUT2D eigenvalue weighted by atomic mass is 16.5. The molecular formula is C12H19N3O2. The molecular weight excluding hydrogens is 218 g/mol. The zero-order valence-corrected chi connectivity index (χ0v) is 10.6. The monoisotopic (exact) mass is 237 g/mol. The Bertz CT molecular complexity index is 351. The molecule has 17 heavy (non-hydrogen) atoms. The second-order valence-corrected chi connectivity index (χ2v) is 3.79. The molecule has 1 rings (SSSR count). The molecule has 0 saturated carbocycles. The Morgan fingerprint density at radius 1 is 1.53 bits per heavy atom. The van der Waals surface area contributed by atoms with Crippen LogP contribution in [0.25, 0.3) is 0 Å². The molecule has 0 aliphatic heterocycles. The van der Waals surface area contributed by atoms with E-state index in [9.17, 15) is 4.79 Å². The number of nitrogens with one attached hydrogen (secondary N) is 1.